The molecule has 0 bridgehead atoms. The van der Waals surface area contributed by atoms with Crippen LogP contribution in [0.1, 0.15) is 44.6 Å². The molecule has 1 aliphatic carbocycles. The minimum atomic E-state index is 0. The van der Waals surface area contributed by atoms with Crippen LogP contribution in [0.4, 0.5) is 0 Å². The first-order chi connectivity index (χ1) is 13.7. The lowest BCUT2D eigenvalue weighted by atomic mass is 9.83. The van der Waals surface area contributed by atoms with Crippen LogP contribution in [0.15, 0.2) is 47.7 Å². The van der Waals surface area contributed by atoms with Crippen molar-refractivity contribution in [3.63, 3.8) is 0 Å². The van der Waals surface area contributed by atoms with Gasteiger partial charge in [-0.15, -0.1) is 24.0 Å². The Labute approximate surface area is 191 Å². The van der Waals surface area contributed by atoms with Crippen molar-refractivity contribution in [1.82, 2.24) is 20.4 Å². The normalized spacial score (nSPS) is 15.7. The molecule has 0 saturated heterocycles. The monoisotopic (exact) mass is 511 g/mol. The van der Waals surface area contributed by atoms with Crippen molar-refractivity contribution in [3.8, 4) is 5.69 Å². The molecule has 0 unspecified atom stereocenters. The van der Waals surface area contributed by atoms with Crippen LogP contribution in [-0.4, -0.2) is 42.5 Å². The van der Waals surface area contributed by atoms with Crippen LogP contribution in [0.5, 0.6) is 0 Å². The number of aliphatic imine (C=N–C) groups is 1. The van der Waals surface area contributed by atoms with Gasteiger partial charge in [0.2, 0.25) is 0 Å². The van der Waals surface area contributed by atoms with Gasteiger partial charge in [-0.3, -0.25) is 4.99 Å². The zero-order valence-electron chi connectivity index (χ0n) is 17.6. The molecular formula is C22H34IN5O. The molecule has 0 aliphatic heterocycles. The van der Waals surface area contributed by atoms with Crippen LogP contribution in [-0.2, 0) is 11.3 Å². The molecule has 0 atom stereocenters. The van der Waals surface area contributed by atoms with Gasteiger partial charge < -0.3 is 15.4 Å². The summed E-state index contributed by atoms with van der Waals surface area (Å²) in [5, 5.41) is 11.2. The summed E-state index contributed by atoms with van der Waals surface area (Å²) in [5.74, 6) is 0.860. The first-order valence-corrected chi connectivity index (χ1v) is 10.4. The fraction of sp³-hybridized carbons (Fsp3) is 0.545. The highest BCUT2D eigenvalue weighted by atomic mass is 127. The highest BCUT2D eigenvalue weighted by Crippen LogP contribution is 2.40. The molecule has 0 spiro atoms. The van der Waals surface area contributed by atoms with Crippen LogP contribution in [0, 0.1) is 5.41 Å². The summed E-state index contributed by atoms with van der Waals surface area (Å²) in [7, 11) is 1.83. The third-order valence-electron chi connectivity index (χ3n) is 5.66. The lowest BCUT2D eigenvalue weighted by Crippen LogP contribution is -2.43. The average molecular weight is 511 g/mol. The van der Waals surface area contributed by atoms with E-state index < -0.39 is 0 Å². The standard InChI is InChI=1S/C22H33N5O.HI/c1-3-28-16-13-22(11-4-5-12-22)18-25-21(23-2)24-17-19-7-9-20(10-8-19)27-15-6-14-26-27;/h6-10,14-15H,3-5,11-13,16-18H2,1-2H3,(H2,23,24,25);1H. The Morgan fingerprint density at radius 1 is 1.21 bits per heavy atom. The Morgan fingerprint density at radius 2 is 1.97 bits per heavy atom. The van der Waals surface area contributed by atoms with Crippen molar-refractivity contribution in [2.45, 2.75) is 45.6 Å². The van der Waals surface area contributed by atoms with Crippen LogP contribution < -0.4 is 10.6 Å². The Morgan fingerprint density at radius 3 is 2.59 bits per heavy atom. The third kappa shape index (κ3) is 6.99. The SMILES string of the molecule is CCOCCC1(CNC(=NC)NCc2ccc(-n3cccn3)cc2)CCCC1.I. The molecule has 0 amide bonds. The van der Waals surface area contributed by atoms with Gasteiger partial charge in [0.1, 0.15) is 0 Å². The fourth-order valence-corrected chi connectivity index (χ4v) is 3.94. The van der Waals surface area contributed by atoms with E-state index in [9.17, 15) is 0 Å². The smallest absolute Gasteiger partial charge is 0.191 e. The van der Waals surface area contributed by atoms with E-state index in [-0.39, 0.29) is 24.0 Å². The van der Waals surface area contributed by atoms with Gasteiger partial charge in [0.25, 0.3) is 0 Å². The Bertz CT molecular complexity index is 724. The zero-order chi connectivity index (χ0) is 19.7. The molecule has 7 heteroatoms. The quantitative estimate of drug-likeness (QED) is 0.230. The summed E-state index contributed by atoms with van der Waals surface area (Å²) in [4.78, 5) is 4.40. The first-order valence-electron chi connectivity index (χ1n) is 10.4. The van der Waals surface area contributed by atoms with Gasteiger partial charge in [0, 0.05) is 45.7 Å². The lowest BCUT2D eigenvalue weighted by molar-refractivity contribution is 0.105. The van der Waals surface area contributed by atoms with Crippen molar-refractivity contribution in [1.29, 1.82) is 0 Å². The molecule has 1 saturated carbocycles. The molecule has 0 radical (unpaired) electrons. The Kier molecular flexibility index (Phi) is 9.93. The second-order valence-electron chi connectivity index (χ2n) is 7.55. The summed E-state index contributed by atoms with van der Waals surface area (Å²) < 4.78 is 7.48. The van der Waals surface area contributed by atoms with E-state index >= 15 is 0 Å². The molecule has 1 aromatic heterocycles. The summed E-state index contributed by atoms with van der Waals surface area (Å²) >= 11 is 0. The average Bonchev–Trinajstić information content (AvgIpc) is 3.42. The molecule has 2 aromatic rings. The number of aromatic nitrogens is 2. The number of nitrogens with zero attached hydrogens (tertiary/aromatic N) is 3. The van der Waals surface area contributed by atoms with E-state index in [1.165, 1.54) is 31.2 Å². The maximum atomic E-state index is 5.62. The molecule has 1 fully saturated rings. The van der Waals surface area contributed by atoms with Crippen LogP contribution in [0.3, 0.4) is 0 Å². The zero-order valence-corrected chi connectivity index (χ0v) is 19.9. The predicted molar refractivity (Wildman–Crippen MR) is 129 cm³/mol. The van der Waals surface area contributed by atoms with Gasteiger partial charge in [0.05, 0.1) is 5.69 Å². The summed E-state index contributed by atoms with van der Waals surface area (Å²) in [6.45, 7) is 5.41. The maximum Gasteiger partial charge on any atom is 0.191 e. The van der Waals surface area contributed by atoms with Crippen molar-refractivity contribution >= 4 is 29.9 Å². The Hall–Kier alpha value is -1.61. The van der Waals surface area contributed by atoms with Crippen molar-refractivity contribution in [3.05, 3.63) is 48.3 Å². The number of benzene rings is 1. The van der Waals surface area contributed by atoms with Crippen LogP contribution in [0.25, 0.3) is 5.69 Å². The summed E-state index contributed by atoms with van der Waals surface area (Å²) in [5.41, 5.74) is 2.62. The number of nitrogens with one attached hydrogen (secondary N) is 2. The van der Waals surface area contributed by atoms with Gasteiger partial charge in [-0.1, -0.05) is 25.0 Å². The number of rotatable bonds is 9. The highest BCUT2D eigenvalue weighted by Gasteiger charge is 2.33. The summed E-state index contributed by atoms with van der Waals surface area (Å²) in [6.07, 6.45) is 10.1. The van der Waals surface area contributed by atoms with Gasteiger partial charge in [0.15, 0.2) is 5.96 Å². The largest absolute Gasteiger partial charge is 0.382 e. The van der Waals surface area contributed by atoms with E-state index in [1.54, 1.807) is 6.20 Å². The maximum absolute atomic E-state index is 5.62. The number of ether oxygens (including phenoxy) is 1. The fourth-order valence-electron chi connectivity index (χ4n) is 3.94. The molecule has 1 aromatic carbocycles. The van der Waals surface area contributed by atoms with Crippen LogP contribution >= 0.6 is 24.0 Å². The van der Waals surface area contributed by atoms with Crippen molar-refractivity contribution in [2.75, 3.05) is 26.8 Å². The van der Waals surface area contributed by atoms with Gasteiger partial charge in [-0.2, -0.15) is 5.10 Å². The van der Waals surface area contributed by atoms with E-state index in [2.05, 4.69) is 51.9 Å². The molecule has 29 heavy (non-hydrogen) atoms. The third-order valence-corrected chi connectivity index (χ3v) is 5.66. The highest BCUT2D eigenvalue weighted by molar-refractivity contribution is 14.0. The molecule has 1 heterocycles. The lowest BCUT2D eigenvalue weighted by Gasteiger charge is -2.30. The Balaban J connectivity index is 0.00000300. The minimum Gasteiger partial charge on any atom is -0.382 e. The molecule has 3 rings (SSSR count). The molecule has 6 nitrogen and oxygen atoms in total. The topological polar surface area (TPSA) is 63.5 Å². The minimum absolute atomic E-state index is 0. The first kappa shape index (κ1) is 23.7. The molecular weight excluding hydrogens is 477 g/mol. The summed E-state index contributed by atoms with van der Waals surface area (Å²) in [6, 6.07) is 10.3. The second kappa shape index (κ2) is 12.2. The van der Waals surface area contributed by atoms with Gasteiger partial charge in [-0.25, -0.2) is 4.68 Å². The predicted octanol–water partition coefficient (Wildman–Crippen LogP) is 4.14. The van der Waals surface area contributed by atoms with Gasteiger partial charge in [-0.05, 0) is 55.4 Å². The van der Waals surface area contributed by atoms with Gasteiger partial charge >= 0.3 is 0 Å². The molecule has 160 valence electrons. The van der Waals surface area contributed by atoms with Crippen LogP contribution in [0.2, 0.25) is 0 Å². The number of halogens is 1. The van der Waals surface area contributed by atoms with E-state index in [1.807, 2.05) is 24.0 Å². The van der Waals surface area contributed by atoms with Crippen molar-refractivity contribution < 1.29 is 4.74 Å². The van der Waals surface area contributed by atoms with Crippen molar-refractivity contribution in [2.24, 2.45) is 10.4 Å². The van der Waals surface area contributed by atoms with E-state index in [0.717, 1.165) is 44.4 Å². The number of guanidine groups is 1. The second-order valence-corrected chi connectivity index (χ2v) is 7.55. The van der Waals surface area contributed by atoms with E-state index in [0.29, 0.717) is 5.41 Å². The molecule has 1 aliphatic rings. The number of hydrogen-bond donors (Lipinski definition) is 2. The molecule has 2 N–H and O–H groups in total. The van der Waals surface area contributed by atoms with E-state index in [4.69, 9.17) is 4.74 Å². The number of hydrogen-bond acceptors (Lipinski definition) is 3.